The molecule has 0 radical (unpaired) electrons. The number of hydrogen-bond acceptors (Lipinski definition) is 12. The molecule has 5 rings (SSSR count). The zero-order valence-corrected chi connectivity index (χ0v) is 36.7. The van der Waals surface area contributed by atoms with Crippen molar-refractivity contribution < 1.29 is 38.6 Å². The van der Waals surface area contributed by atoms with Crippen molar-refractivity contribution in [3.05, 3.63) is 95.0 Å². The van der Waals surface area contributed by atoms with Crippen LogP contribution < -0.4 is 26.6 Å². The van der Waals surface area contributed by atoms with Gasteiger partial charge in [-0.25, -0.2) is 14.6 Å². The fourth-order valence-electron chi connectivity index (χ4n) is 6.50. The lowest BCUT2D eigenvalue weighted by Gasteiger charge is -2.26. The smallest absolute Gasteiger partial charge is 0.408 e. The SMILES string of the molecule is CC(=O)NCCCC[C@H](NC(=O)[C@H](CCCCN(C)C)NC(=O)[C@H](Cc1ccccc1)NC(=O)OCc1ccccc1)C(=O)Nc1ccc2nc(C3=N[C@@H](C(=O)O)CS3)sc2c1. The molecule has 0 saturated carbocycles. The molecule has 0 fully saturated rings. The van der Waals surface area contributed by atoms with Gasteiger partial charge < -0.3 is 41.3 Å². The van der Waals surface area contributed by atoms with Gasteiger partial charge in [0.25, 0.3) is 0 Å². The number of carboxylic acid groups (broad SMARTS) is 1. The summed E-state index contributed by atoms with van der Waals surface area (Å²) in [4.78, 5) is 89.2. The summed E-state index contributed by atoms with van der Waals surface area (Å²) in [6.45, 7) is 2.58. The van der Waals surface area contributed by atoms with Crippen LogP contribution in [0, 0.1) is 0 Å². The van der Waals surface area contributed by atoms with Gasteiger partial charge in [0.05, 0.1) is 10.2 Å². The van der Waals surface area contributed by atoms with E-state index >= 15 is 0 Å². The lowest BCUT2D eigenvalue weighted by Crippen LogP contribution is -2.56. The van der Waals surface area contributed by atoms with Crippen molar-refractivity contribution in [2.75, 3.05) is 38.3 Å². The first kappa shape index (κ1) is 47.2. The largest absolute Gasteiger partial charge is 0.480 e. The number of thioether (sulfide) groups is 1. The maximum absolute atomic E-state index is 14.2. The topological polar surface area (TPSA) is 221 Å². The normalized spacial score (nSPS) is 14.9. The predicted octanol–water partition coefficient (Wildman–Crippen LogP) is 4.73. The van der Waals surface area contributed by atoms with Crippen LogP contribution in [0.2, 0.25) is 0 Å². The average molecular weight is 887 g/mol. The van der Waals surface area contributed by atoms with E-state index in [1.807, 2.05) is 79.7 Å². The molecule has 4 atom stereocenters. The summed E-state index contributed by atoms with van der Waals surface area (Å²) in [6, 6.07) is 19.6. The van der Waals surface area contributed by atoms with Crippen molar-refractivity contribution in [3.63, 3.8) is 0 Å². The number of anilines is 1. The van der Waals surface area contributed by atoms with Crippen LogP contribution in [0.4, 0.5) is 10.5 Å². The number of unbranched alkanes of at least 4 members (excludes halogenated alkanes) is 2. The van der Waals surface area contributed by atoms with Crippen LogP contribution >= 0.6 is 23.1 Å². The average Bonchev–Trinajstić information content (AvgIpc) is 3.92. The molecule has 62 heavy (non-hydrogen) atoms. The quantitative estimate of drug-likeness (QED) is 0.0560. The van der Waals surface area contributed by atoms with Crippen LogP contribution in [-0.2, 0) is 41.7 Å². The Bertz CT molecular complexity index is 2190. The lowest BCUT2D eigenvalue weighted by molar-refractivity contribution is -0.137. The van der Waals surface area contributed by atoms with E-state index in [2.05, 4.69) is 36.6 Å². The number of carbonyl (C=O) groups excluding carboxylic acids is 5. The molecule has 0 saturated heterocycles. The molecule has 5 amide bonds. The van der Waals surface area contributed by atoms with Gasteiger partial charge >= 0.3 is 12.1 Å². The van der Waals surface area contributed by atoms with Crippen molar-refractivity contribution in [3.8, 4) is 0 Å². The van der Waals surface area contributed by atoms with E-state index < -0.39 is 54.0 Å². The van der Waals surface area contributed by atoms with Crippen molar-refractivity contribution in [2.45, 2.75) is 82.6 Å². The molecule has 6 N–H and O–H groups in total. The minimum Gasteiger partial charge on any atom is -0.480 e. The fourth-order valence-corrected chi connectivity index (χ4v) is 8.61. The highest BCUT2D eigenvalue weighted by atomic mass is 32.2. The molecular formula is C44H54N8O8S2. The standard InChI is InChI=1S/C44H54N8O8S2/c1-28(53)45-22-12-10-18-33(38(54)46-31-20-21-32-37(25-31)62-42(49-32)41-50-36(27-61-41)43(57)58)47-39(55)34(19-11-13-23-52(2)3)48-40(56)35(24-29-14-6-4-7-15-29)51-44(59)60-26-30-16-8-5-9-17-30/h4-9,14-17,20-21,25,33-36H,10-13,18-19,22-24,26-27H2,1-3H3,(H,45,53)(H,46,54)(H,47,55)(H,48,56)(H,51,59)(H,57,58)/t33-,34-,35-,36+/m0/s1. The molecule has 1 aliphatic rings. The van der Waals surface area contributed by atoms with Crippen LogP contribution in [-0.4, -0.2) is 113 Å². The monoisotopic (exact) mass is 886 g/mol. The Balaban J connectivity index is 1.32. The van der Waals surface area contributed by atoms with E-state index in [9.17, 15) is 33.9 Å². The summed E-state index contributed by atoms with van der Waals surface area (Å²) >= 11 is 2.66. The van der Waals surface area contributed by atoms with E-state index in [-0.39, 0.29) is 31.8 Å². The number of fused-ring (bicyclic) bond motifs is 1. The van der Waals surface area contributed by atoms with Gasteiger partial charge in [0.1, 0.15) is 34.8 Å². The number of nitrogens with one attached hydrogen (secondary N) is 5. The Morgan fingerprint density at radius 3 is 2.10 bits per heavy atom. The predicted molar refractivity (Wildman–Crippen MR) is 241 cm³/mol. The molecule has 0 aliphatic carbocycles. The molecule has 18 heteroatoms. The van der Waals surface area contributed by atoms with E-state index in [0.717, 1.165) is 28.8 Å². The molecular weight excluding hydrogens is 833 g/mol. The maximum atomic E-state index is 14.2. The number of aromatic nitrogens is 1. The number of carbonyl (C=O) groups is 6. The van der Waals surface area contributed by atoms with E-state index in [1.54, 1.807) is 18.2 Å². The van der Waals surface area contributed by atoms with E-state index in [4.69, 9.17) is 4.74 Å². The van der Waals surface area contributed by atoms with Gasteiger partial charge in [0, 0.05) is 31.3 Å². The maximum Gasteiger partial charge on any atom is 0.408 e. The van der Waals surface area contributed by atoms with Crippen LogP contribution in [0.15, 0.2) is 83.9 Å². The van der Waals surface area contributed by atoms with Crippen molar-refractivity contribution >= 4 is 79.7 Å². The number of carboxylic acids is 1. The van der Waals surface area contributed by atoms with Crippen LogP contribution in [0.5, 0.6) is 0 Å². The highest BCUT2D eigenvalue weighted by molar-refractivity contribution is 8.15. The summed E-state index contributed by atoms with van der Waals surface area (Å²) in [7, 11) is 3.90. The molecule has 330 valence electrons. The number of nitrogens with zero attached hydrogens (tertiary/aromatic N) is 3. The summed E-state index contributed by atoms with van der Waals surface area (Å²) < 4.78 is 6.20. The third-order valence-electron chi connectivity index (χ3n) is 9.79. The molecule has 3 aromatic carbocycles. The molecule has 1 aliphatic heterocycles. The van der Waals surface area contributed by atoms with Crippen LogP contribution in [0.3, 0.4) is 0 Å². The van der Waals surface area contributed by atoms with Gasteiger partial charge in [-0.1, -0.05) is 60.7 Å². The second-order valence-electron chi connectivity index (χ2n) is 15.1. The highest BCUT2D eigenvalue weighted by Gasteiger charge is 2.31. The molecule has 0 spiro atoms. The second-order valence-corrected chi connectivity index (χ2v) is 17.2. The molecule has 16 nitrogen and oxygen atoms in total. The zero-order chi connectivity index (χ0) is 44.4. The third kappa shape index (κ3) is 15.3. The number of ether oxygens (including phenoxy) is 1. The van der Waals surface area contributed by atoms with E-state index in [0.29, 0.717) is 52.8 Å². The Morgan fingerprint density at radius 2 is 1.45 bits per heavy atom. The Labute approximate surface area is 369 Å². The number of aliphatic carboxylic acids is 1. The molecule has 4 aromatic rings. The van der Waals surface area contributed by atoms with Gasteiger partial charge in [-0.2, -0.15) is 0 Å². The van der Waals surface area contributed by atoms with E-state index in [1.165, 1.54) is 30.0 Å². The van der Waals surface area contributed by atoms with Gasteiger partial charge in [-0.3, -0.25) is 24.2 Å². The first-order valence-electron chi connectivity index (χ1n) is 20.5. The first-order chi connectivity index (χ1) is 29.8. The number of thiazole rings is 1. The molecule has 0 bridgehead atoms. The van der Waals surface area contributed by atoms with Crippen LogP contribution in [0.25, 0.3) is 10.2 Å². The fraction of sp³-hybridized carbons (Fsp3) is 0.409. The number of alkyl carbamates (subject to hydrolysis) is 1. The summed E-state index contributed by atoms with van der Waals surface area (Å²) in [5.41, 5.74) is 2.68. The zero-order valence-electron chi connectivity index (χ0n) is 35.1. The molecule has 2 heterocycles. The third-order valence-corrected chi connectivity index (χ3v) is 12.0. The van der Waals surface area contributed by atoms with Crippen LogP contribution in [0.1, 0.15) is 61.6 Å². The summed E-state index contributed by atoms with van der Waals surface area (Å²) in [5.74, 6) is -2.47. The number of rotatable bonds is 23. The molecule has 0 unspecified atom stereocenters. The lowest BCUT2D eigenvalue weighted by atomic mass is 10.0. The minimum absolute atomic E-state index is 0.000520. The second kappa shape index (κ2) is 24.0. The number of benzene rings is 3. The van der Waals surface area contributed by atoms with Crippen molar-refractivity contribution in [1.29, 1.82) is 0 Å². The Kier molecular flexibility index (Phi) is 18.2. The number of aliphatic imine (C=N–C) groups is 1. The van der Waals surface area contributed by atoms with Gasteiger partial charge in [0.2, 0.25) is 23.6 Å². The Hall–Kier alpha value is -5.85. The Morgan fingerprint density at radius 1 is 0.806 bits per heavy atom. The summed E-state index contributed by atoms with van der Waals surface area (Å²) in [5, 5.41) is 24.6. The highest BCUT2D eigenvalue weighted by Crippen LogP contribution is 2.31. The van der Waals surface area contributed by atoms with Crippen molar-refractivity contribution in [1.82, 2.24) is 31.2 Å². The number of amides is 5. The van der Waals surface area contributed by atoms with Gasteiger partial charge in [0.15, 0.2) is 6.04 Å². The van der Waals surface area contributed by atoms with Crippen molar-refractivity contribution in [2.24, 2.45) is 4.99 Å². The summed E-state index contributed by atoms with van der Waals surface area (Å²) in [6.07, 6.45) is 2.20. The molecule has 1 aromatic heterocycles. The van der Waals surface area contributed by atoms with Gasteiger partial charge in [-0.05, 0) is 88.5 Å². The minimum atomic E-state index is -1.09. The van der Waals surface area contributed by atoms with Gasteiger partial charge in [-0.15, -0.1) is 23.1 Å². The number of hydrogen-bond donors (Lipinski definition) is 6. The first-order valence-corrected chi connectivity index (χ1v) is 22.3.